The summed E-state index contributed by atoms with van der Waals surface area (Å²) in [4.78, 5) is 11.9. The quantitative estimate of drug-likeness (QED) is 0.721. The molecule has 8 nitrogen and oxygen atoms in total. The van der Waals surface area contributed by atoms with E-state index in [-0.39, 0.29) is 22.2 Å². The molecule has 1 aliphatic rings. The number of amides is 1. The van der Waals surface area contributed by atoms with Crippen LogP contribution in [0.2, 0.25) is 0 Å². The number of nitrogens with one attached hydrogen (secondary N) is 3. The van der Waals surface area contributed by atoms with Gasteiger partial charge in [0.1, 0.15) is 0 Å². The minimum atomic E-state index is -3.38. The minimum absolute atomic E-state index is 0.134. The molecule has 1 atom stereocenters. The van der Waals surface area contributed by atoms with Gasteiger partial charge < -0.3 is 5.32 Å². The highest BCUT2D eigenvalue weighted by Crippen LogP contribution is 2.21. The molecule has 0 saturated carbocycles. The number of carbonyl (C=O) groups is 1. The maximum atomic E-state index is 11.9. The van der Waals surface area contributed by atoms with E-state index in [1.807, 2.05) is 0 Å². The summed E-state index contributed by atoms with van der Waals surface area (Å²) in [5.41, 5.74) is 0. The zero-order chi connectivity index (χ0) is 13.9. The van der Waals surface area contributed by atoms with Crippen molar-refractivity contribution in [3.63, 3.8) is 0 Å². The highest BCUT2D eigenvalue weighted by Gasteiger charge is 2.21. The molecule has 1 unspecified atom stereocenters. The lowest BCUT2D eigenvalue weighted by molar-refractivity contribution is -0.118. The van der Waals surface area contributed by atoms with Crippen molar-refractivity contribution in [3.8, 4) is 0 Å². The van der Waals surface area contributed by atoms with E-state index < -0.39 is 10.0 Å². The Morgan fingerprint density at radius 1 is 1.37 bits per heavy atom. The molecule has 10 heteroatoms. The maximum absolute atomic E-state index is 11.9. The van der Waals surface area contributed by atoms with Crippen LogP contribution in [-0.4, -0.2) is 43.4 Å². The van der Waals surface area contributed by atoms with Crippen LogP contribution in [0, 0.1) is 0 Å². The van der Waals surface area contributed by atoms with Crippen molar-refractivity contribution in [2.45, 2.75) is 25.3 Å². The van der Waals surface area contributed by atoms with Crippen LogP contribution in [0.25, 0.3) is 0 Å². The van der Waals surface area contributed by atoms with Crippen LogP contribution >= 0.6 is 11.3 Å². The molecule has 0 radical (unpaired) electrons. The second kappa shape index (κ2) is 5.80. The standard InChI is InChI=1S/C9H15N5O3S2/c1-19(16,17)14-9-13-12-8(18-9)11-7(15)6-4-2-3-5-10-6/h6,10H,2-5H2,1H3,(H,13,14)(H,11,12,15). The Hall–Kier alpha value is -1.26. The summed E-state index contributed by atoms with van der Waals surface area (Å²) in [7, 11) is -3.38. The molecule has 19 heavy (non-hydrogen) atoms. The predicted molar refractivity (Wildman–Crippen MR) is 72.6 cm³/mol. The highest BCUT2D eigenvalue weighted by atomic mass is 32.2. The van der Waals surface area contributed by atoms with E-state index in [4.69, 9.17) is 0 Å². The van der Waals surface area contributed by atoms with Crippen LogP contribution in [0.3, 0.4) is 0 Å². The van der Waals surface area contributed by atoms with E-state index >= 15 is 0 Å². The van der Waals surface area contributed by atoms with Crippen LogP contribution < -0.4 is 15.4 Å². The molecule has 0 aromatic carbocycles. The third-order valence-electron chi connectivity index (χ3n) is 2.55. The molecule has 1 aliphatic heterocycles. The van der Waals surface area contributed by atoms with Gasteiger partial charge >= 0.3 is 0 Å². The van der Waals surface area contributed by atoms with Crippen LogP contribution in [0.1, 0.15) is 19.3 Å². The van der Waals surface area contributed by atoms with Gasteiger partial charge in [0.2, 0.25) is 26.2 Å². The SMILES string of the molecule is CS(=O)(=O)Nc1nnc(NC(=O)C2CCCCN2)s1. The Morgan fingerprint density at radius 3 is 2.74 bits per heavy atom. The lowest BCUT2D eigenvalue weighted by atomic mass is 10.0. The van der Waals surface area contributed by atoms with E-state index in [0.717, 1.165) is 43.4 Å². The van der Waals surface area contributed by atoms with E-state index in [1.165, 1.54) is 0 Å². The minimum Gasteiger partial charge on any atom is -0.306 e. The van der Waals surface area contributed by atoms with Crippen LogP contribution in [0.15, 0.2) is 0 Å². The Labute approximate surface area is 115 Å². The number of anilines is 2. The molecule has 0 spiro atoms. The number of rotatable bonds is 4. The number of hydrogen-bond donors (Lipinski definition) is 3. The first-order chi connectivity index (χ1) is 8.94. The largest absolute Gasteiger partial charge is 0.306 e. The molecule has 106 valence electrons. The Kier molecular flexibility index (Phi) is 4.32. The van der Waals surface area contributed by atoms with Crippen molar-refractivity contribution in [1.29, 1.82) is 0 Å². The second-order valence-electron chi connectivity index (χ2n) is 4.28. The summed E-state index contributed by atoms with van der Waals surface area (Å²) in [6, 6.07) is -0.219. The fourth-order valence-corrected chi connectivity index (χ4v) is 3.22. The van der Waals surface area contributed by atoms with E-state index in [1.54, 1.807) is 0 Å². The number of nitrogens with zero attached hydrogens (tertiary/aromatic N) is 2. The van der Waals surface area contributed by atoms with Crippen molar-refractivity contribution in [3.05, 3.63) is 0 Å². The summed E-state index contributed by atoms with van der Waals surface area (Å²) < 4.78 is 24.2. The molecular formula is C9H15N5O3S2. The van der Waals surface area contributed by atoms with Crippen molar-refractivity contribution < 1.29 is 13.2 Å². The lowest BCUT2D eigenvalue weighted by Crippen LogP contribution is -2.43. The van der Waals surface area contributed by atoms with E-state index in [2.05, 4.69) is 25.6 Å². The molecule has 1 fully saturated rings. The summed E-state index contributed by atoms with van der Waals surface area (Å²) in [5, 5.41) is 13.5. The fraction of sp³-hybridized carbons (Fsp3) is 0.667. The molecule has 3 N–H and O–H groups in total. The monoisotopic (exact) mass is 305 g/mol. The zero-order valence-corrected chi connectivity index (χ0v) is 12.0. The first-order valence-corrected chi connectivity index (χ1v) is 8.50. The molecule has 0 aliphatic carbocycles. The first kappa shape index (κ1) is 14.2. The molecule has 2 heterocycles. The Bertz CT molecular complexity index is 550. The van der Waals surface area contributed by atoms with Gasteiger partial charge in [0.05, 0.1) is 12.3 Å². The van der Waals surface area contributed by atoms with Gasteiger partial charge in [0.25, 0.3) is 0 Å². The van der Waals surface area contributed by atoms with E-state index in [9.17, 15) is 13.2 Å². The predicted octanol–water partition coefficient (Wildman–Crippen LogP) is -0.00980. The van der Waals surface area contributed by atoms with Crippen LogP contribution in [-0.2, 0) is 14.8 Å². The molecule has 1 amide bonds. The number of carbonyl (C=O) groups excluding carboxylic acids is 1. The Morgan fingerprint density at radius 2 is 2.11 bits per heavy atom. The fourth-order valence-electron chi connectivity index (χ4n) is 1.74. The van der Waals surface area contributed by atoms with Crippen molar-refractivity contribution in [2.75, 3.05) is 22.8 Å². The number of sulfonamides is 1. The van der Waals surface area contributed by atoms with Gasteiger partial charge in [-0.3, -0.25) is 14.8 Å². The van der Waals surface area contributed by atoms with Gasteiger partial charge in [-0.25, -0.2) is 8.42 Å². The van der Waals surface area contributed by atoms with Gasteiger partial charge in [0, 0.05) is 0 Å². The van der Waals surface area contributed by atoms with Gasteiger partial charge in [-0.05, 0) is 19.4 Å². The van der Waals surface area contributed by atoms with Crippen molar-refractivity contribution in [1.82, 2.24) is 15.5 Å². The molecule has 1 aromatic heterocycles. The van der Waals surface area contributed by atoms with Crippen molar-refractivity contribution in [2.24, 2.45) is 0 Å². The molecule has 0 bridgehead atoms. The number of piperidine rings is 1. The summed E-state index contributed by atoms with van der Waals surface area (Å²) in [6.07, 6.45) is 3.91. The molecule has 2 rings (SSSR count). The zero-order valence-electron chi connectivity index (χ0n) is 10.3. The van der Waals surface area contributed by atoms with Crippen LogP contribution in [0.4, 0.5) is 10.3 Å². The molecule has 1 aromatic rings. The summed E-state index contributed by atoms with van der Waals surface area (Å²) in [6.45, 7) is 0.828. The van der Waals surface area contributed by atoms with Crippen molar-refractivity contribution >= 4 is 37.5 Å². The third-order valence-corrected chi connectivity index (χ3v) is 4.00. The number of hydrogen-bond acceptors (Lipinski definition) is 7. The first-order valence-electron chi connectivity index (χ1n) is 5.79. The highest BCUT2D eigenvalue weighted by molar-refractivity contribution is 7.92. The van der Waals surface area contributed by atoms with Gasteiger partial charge in [-0.1, -0.05) is 17.8 Å². The third kappa shape index (κ3) is 4.40. The lowest BCUT2D eigenvalue weighted by Gasteiger charge is -2.21. The van der Waals surface area contributed by atoms with Gasteiger partial charge in [-0.2, -0.15) is 0 Å². The molecule has 1 saturated heterocycles. The van der Waals surface area contributed by atoms with E-state index in [0.29, 0.717) is 0 Å². The summed E-state index contributed by atoms with van der Waals surface area (Å²) >= 11 is 0.980. The van der Waals surface area contributed by atoms with Crippen LogP contribution in [0.5, 0.6) is 0 Å². The second-order valence-corrected chi connectivity index (χ2v) is 7.00. The normalized spacial score (nSPS) is 19.9. The van der Waals surface area contributed by atoms with Gasteiger partial charge in [-0.15, -0.1) is 10.2 Å². The topological polar surface area (TPSA) is 113 Å². The smallest absolute Gasteiger partial charge is 0.243 e. The average Bonchev–Trinajstić information content (AvgIpc) is 2.75. The average molecular weight is 305 g/mol. The number of aromatic nitrogens is 2. The Balaban J connectivity index is 1.94. The summed E-state index contributed by atoms with van der Waals surface area (Å²) in [5.74, 6) is -0.165. The maximum Gasteiger partial charge on any atom is 0.243 e. The van der Waals surface area contributed by atoms with Gasteiger partial charge in [0.15, 0.2) is 0 Å². The molecular weight excluding hydrogens is 290 g/mol.